The maximum atomic E-state index is 13.6. The fourth-order valence-corrected chi connectivity index (χ4v) is 1.99. The topological polar surface area (TPSA) is 29.9 Å². The molecular weight excluding hydrogens is 229 g/mol. The number of hydrogen-bond acceptors (Lipinski definition) is 2. The molecule has 0 aliphatic heterocycles. The first-order chi connectivity index (χ1) is 8.60. The first-order valence-corrected chi connectivity index (χ1v) is 6.11. The summed E-state index contributed by atoms with van der Waals surface area (Å²) >= 11 is 0. The van der Waals surface area contributed by atoms with E-state index in [4.69, 9.17) is 0 Å². The van der Waals surface area contributed by atoms with Crippen molar-refractivity contribution in [1.82, 2.24) is 9.78 Å². The molecule has 0 radical (unpaired) electrons. The lowest BCUT2D eigenvalue weighted by molar-refractivity contribution is 0.629. The second-order valence-corrected chi connectivity index (χ2v) is 4.47. The van der Waals surface area contributed by atoms with Crippen LogP contribution in [0.5, 0.6) is 0 Å². The van der Waals surface area contributed by atoms with E-state index < -0.39 is 0 Å². The Kier molecular flexibility index (Phi) is 3.65. The van der Waals surface area contributed by atoms with E-state index in [1.54, 1.807) is 10.7 Å². The first-order valence-electron chi connectivity index (χ1n) is 6.11. The molecule has 1 aromatic carbocycles. The van der Waals surface area contributed by atoms with Crippen molar-refractivity contribution in [2.24, 2.45) is 7.05 Å². The van der Waals surface area contributed by atoms with E-state index in [-0.39, 0.29) is 5.82 Å². The first kappa shape index (κ1) is 12.6. The molecular formula is C14H18FN3. The van der Waals surface area contributed by atoms with Gasteiger partial charge in [0.25, 0.3) is 0 Å². The quantitative estimate of drug-likeness (QED) is 0.900. The number of halogens is 1. The Morgan fingerprint density at radius 2 is 2.17 bits per heavy atom. The molecule has 18 heavy (non-hydrogen) atoms. The highest BCUT2D eigenvalue weighted by Crippen LogP contribution is 2.17. The summed E-state index contributed by atoms with van der Waals surface area (Å²) < 4.78 is 15.4. The standard InChI is InChI=1S/C14H18FN3/c1-4-13-11(9-18(3)17-13)8-16-14-7-10(2)5-6-12(14)15/h5-7,9,16H,4,8H2,1-3H3. The number of aryl methyl sites for hydroxylation is 3. The van der Waals surface area contributed by atoms with Gasteiger partial charge in [0.15, 0.2) is 0 Å². The summed E-state index contributed by atoms with van der Waals surface area (Å²) in [6, 6.07) is 5.07. The molecule has 0 amide bonds. The zero-order valence-electron chi connectivity index (χ0n) is 11.0. The summed E-state index contributed by atoms with van der Waals surface area (Å²) in [5, 5.41) is 7.49. The molecule has 1 N–H and O–H groups in total. The predicted octanol–water partition coefficient (Wildman–Crippen LogP) is 3.04. The van der Waals surface area contributed by atoms with Crippen molar-refractivity contribution in [3.63, 3.8) is 0 Å². The second kappa shape index (κ2) is 5.21. The van der Waals surface area contributed by atoms with Gasteiger partial charge in [0.1, 0.15) is 5.82 Å². The maximum absolute atomic E-state index is 13.6. The molecule has 0 unspecified atom stereocenters. The van der Waals surface area contributed by atoms with E-state index in [9.17, 15) is 4.39 Å². The lowest BCUT2D eigenvalue weighted by Crippen LogP contribution is -2.03. The lowest BCUT2D eigenvalue weighted by Gasteiger charge is -2.08. The monoisotopic (exact) mass is 247 g/mol. The lowest BCUT2D eigenvalue weighted by atomic mass is 10.2. The van der Waals surface area contributed by atoms with Crippen LogP contribution >= 0.6 is 0 Å². The number of aromatic nitrogens is 2. The van der Waals surface area contributed by atoms with Crippen LogP contribution in [-0.2, 0) is 20.0 Å². The van der Waals surface area contributed by atoms with E-state index >= 15 is 0 Å². The van der Waals surface area contributed by atoms with E-state index in [0.717, 1.165) is 23.2 Å². The number of rotatable bonds is 4. The summed E-state index contributed by atoms with van der Waals surface area (Å²) in [5.74, 6) is -0.220. The summed E-state index contributed by atoms with van der Waals surface area (Å²) in [7, 11) is 1.90. The minimum Gasteiger partial charge on any atom is -0.378 e. The van der Waals surface area contributed by atoms with Crippen molar-refractivity contribution in [2.75, 3.05) is 5.32 Å². The normalized spacial score (nSPS) is 10.7. The summed E-state index contributed by atoms with van der Waals surface area (Å²) in [6.07, 6.45) is 2.85. The van der Waals surface area contributed by atoms with Gasteiger partial charge in [0.05, 0.1) is 11.4 Å². The van der Waals surface area contributed by atoms with Gasteiger partial charge in [-0.2, -0.15) is 5.10 Å². The molecule has 0 aliphatic carbocycles. The number of anilines is 1. The third-order valence-corrected chi connectivity index (χ3v) is 2.92. The highest BCUT2D eigenvalue weighted by atomic mass is 19.1. The molecule has 0 saturated carbocycles. The summed E-state index contributed by atoms with van der Waals surface area (Å²) in [6.45, 7) is 4.61. The van der Waals surface area contributed by atoms with E-state index in [1.807, 2.05) is 26.2 Å². The van der Waals surface area contributed by atoms with Crippen molar-refractivity contribution in [1.29, 1.82) is 0 Å². The van der Waals surface area contributed by atoms with Gasteiger partial charge < -0.3 is 5.32 Å². The highest BCUT2D eigenvalue weighted by molar-refractivity contribution is 5.47. The molecule has 1 heterocycles. The van der Waals surface area contributed by atoms with Crippen LogP contribution in [0.3, 0.4) is 0 Å². The number of nitrogens with zero attached hydrogens (tertiary/aromatic N) is 2. The van der Waals surface area contributed by atoms with Gasteiger partial charge in [-0.05, 0) is 31.0 Å². The molecule has 2 rings (SSSR count). The van der Waals surface area contributed by atoms with Gasteiger partial charge in [0.2, 0.25) is 0 Å². The molecule has 4 heteroatoms. The van der Waals surface area contributed by atoms with Gasteiger partial charge in [-0.1, -0.05) is 13.0 Å². The molecule has 0 fully saturated rings. The summed E-state index contributed by atoms with van der Waals surface area (Å²) in [5.41, 5.74) is 3.75. The average Bonchev–Trinajstić information content (AvgIpc) is 2.71. The Hall–Kier alpha value is -1.84. The van der Waals surface area contributed by atoms with Crippen molar-refractivity contribution < 1.29 is 4.39 Å². The fourth-order valence-electron chi connectivity index (χ4n) is 1.99. The molecule has 0 aliphatic rings. The third-order valence-electron chi connectivity index (χ3n) is 2.92. The third kappa shape index (κ3) is 2.70. The molecule has 3 nitrogen and oxygen atoms in total. The van der Waals surface area contributed by atoms with Crippen molar-refractivity contribution in [2.45, 2.75) is 26.8 Å². The van der Waals surface area contributed by atoms with Crippen LogP contribution in [-0.4, -0.2) is 9.78 Å². The number of benzene rings is 1. The van der Waals surface area contributed by atoms with Crippen LogP contribution in [0.4, 0.5) is 10.1 Å². The van der Waals surface area contributed by atoms with E-state index in [1.165, 1.54) is 6.07 Å². The van der Waals surface area contributed by atoms with Crippen LogP contribution < -0.4 is 5.32 Å². The Morgan fingerprint density at radius 3 is 2.89 bits per heavy atom. The van der Waals surface area contributed by atoms with Crippen LogP contribution in [0.1, 0.15) is 23.7 Å². The Morgan fingerprint density at radius 1 is 1.39 bits per heavy atom. The highest BCUT2D eigenvalue weighted by Gasteiger charge is 2.07. The van der Waals surface area contributed by atoms with Crippen molar-refractivity contribution in [3.05, 3.63) is 47.0 Å². The van der Waals surface area contributed by atoms with Gasteiger partial charge >= 0.3 is 0 Å². The minimum atomic E-state index is -0.220. The molecule has 0 bridgehead atoms. The molecule has 1 aromatic heterocycles. The van der Waals surface area contributed by atoms with Crippen LogP contribution in [0.2, 0.25) is 0 Å². The van der Waals surface area contributed by atoms with Gasteiger partial charge in [0, 0.05) is 25.4 Å². The van der Waals surface area contributed by atoms with Crippen LogP contribution in [0.25, 0.3) is 0 Å². The van der Waals surface area contributed by atoms with Crippen molar-refractivity contribution in [3.8, 4) is 0 Å². The molecule has 0 spiro atoms. The second-order valence-electron chi connectivity index (χ2n) is 4.47. The Labute approximate surface area is 107 Å². The summed E-state index contributed by atoms with van der Waals surface area (Å²) in [4.78, 5) is 0. The Balaban J connectivity index is 2.13. The van der Waals surface area contributed by atoms with Crippen LogP contribution in [0, 0.1) is 12.7 Å². The fraction of sp³-hybridized carbons (Fsp3) is 0.357. The Bertz CT molecular complexity index is 546. The smallest absolute Gasteiger partial charge is 0.146 e. The van der Waals surface area contributed by atoms with Gasteiger partial charge in [-0.3, -0.25) is 4.68 Å². The van der Waals surface area contributed by atoms with E-state index in [2.05, 4.69) is 17.3 Å². The van der Waals surface area contributed by atoms with Gasteiger partial charge in [-0.15, -0.1) is 0 Å². The zero-order chi connectivity index (χ0) is 13.1. The minimum absolute atomic E-state index is 0.220. The molecule has 2 aromatic rings. The average molecular weight is 247 g/mol. The zero-order valence-corrected chi connectivity index (χ0v) is 11.0. The molecule has 96 valence electrons. The largest absolute Gasteiger partial charge is 0.378 e. The van der Waals surface area contributed by atoms with Crippen molar-refractivity contribution >= 4 is 5.69 Å². The molecule has 0 saturated heterocycles. The maximum Gasteiger partial charge on any atom is 0.146 e. The predicted molar refractivity (Wildman–Crippen MR) is 71.0 cm³/mol. The molecule has 0 atom stereocenters. The van der Waals surface area contributed by atoms with Gasteiger partial charge in [-0.25, -0.2) is 4.39 Å². The van der Waals surface area contributed by atoms with Crippen LogP contribution in [0.15, 0.2) is 24.4 Å². The number of hydrogen-bond donors (Lipinski definition) is 1. The van der Waals surface area contributed by atoms with E-state index in [0.29, 0.717) is 12.2 Å². The SMILES string of the molecule is CCc1nn(C)cc1CNc1cc(C)ccc1F. The number of nitrogens with one attached hydrogen (secondary N) is 1.